The maximum absolute atomic E-state index is 12.3. The van der Waals surface area contributed by atoms with Gasteiger partial charge in [0, 0.05) is 35.9 Å². The molecule has 2 saturated heterocycles. The molecule has 3 aliphatic rings. The Hall–Kier alpha value is -0.600. The minimum Gasteiger partial charge on any atom is -0.370 e. The van der Waals surface area contributed by atoms with Gasteiger partial charge in [0.15, 0.2) is 0 Å². The van der Waals surface area contributed by atoms with E-state index >= 15 is 0 Å². The summed E-state index contributed by atoms with van der Waals surface area (Å²) in [6.45, 7) is 1.77. The maximum Gasteiger partial charge on any atom is 0.312 e. The molecule has 0 aromatic carbocycles. The predicted molar refractivity (Wildman–Crippen MR) is 86.2 cm³/mol. The highest BCUT2D eigenvalue weighted by Crippen LogP contribution is 2.40. The van der Waals surface area contributed by atoms with Gasteiger partial charge in [-0.25, -0.2) is 0 Å². The molecule has 1 saturated carbocycles. The second-order valence-electron chi connectivity index (χ2n) is 6.38. The zero-order chi connectivity index (χ0) is 15.8. The van der Waals surface area contributed by atoms with Gasteiger partial charge in [0.25, 0.3) is 0 Å². The first-order valence-electron chi connectivity index (χ1n) is 7.59. The number of nitrogens with zero attached hydrogens (tertiary/aromatic N) is 1. The number of carbonyl (C=O) groups excluding carboxylic acids is 2. The predicted octanol–water partition coefficient (Wildman–Crippen LogP) is -0.252. The fraction of sp³-hybridized carbons (Fsp3) is 0.857. The first kappa shape index (κ1) is 16.3. The average molecular weight is 346 g/mol. The van der Waals surface area contributed by atoms with Crippen molar-refractivity contribution in [2.24, 2.45) is 0 Å². The van der Waals surface area contributed by atoms with E-state index in [2.05, 4.69) is 5.32 Å². The van der Waals surface area contributed by atoms with E-state index in [0.717, 1.165) is 30.8 Å². The van der Waals surface area contributed by atoms with E-state index in [0.29, 0.717) is 26.2 Å². The van der Waals surface area contributed by atoms with Gasteiger partial charge in [0.2, 0.25) is 0 Å². The Morgan fingerprint density at radius 3 is 2.73 bits per heavy atom. The number of carbonyl (C=O) groups is 2. The van der Waals surface area contributed by atoms with Crippen molar-refractivity contribution in [1.82, 2.24) is 10.2 Å². The molecule has 0 aromatic rings. The highest BCUT2D eigenvalue weighted by Gasteiger charge is 2.47. The van der Waals surface area contributed by atoms with Crippen molar-refractivity contribution in [3.8, 4) is 0 Å². The number of rotatable bonds is 3. The third-order valence-electron chi connectivity index (χ3n) is 4.79. The number of amides is 2. The smallest absolute Gasteiger partial charge is 0.312 e. The molecule has 0 radical (unpaired) electrons. The van der Waals surface area contributed by atoms with Crippen molar-refractivity contribution in [1.29, 1.82) is 0 Å². The van der Waals surface area contributed by atoms with Crippen LogP contribution in [0.2, 0.25) is 0 Å². The molecule has 22 heavy (non-hydrogen) atoms. The maximum atomic E-state index is 12.3. The summed E-state index contributed by atoms with van der Waals surface area (Å²) in [7, 11) is -0.969. The van der Waals surface area contributed by atoms with Crippen molar-refractivity contribution >= 4 is 34.4 Å². The van der Waals surface area contributed by atoms with Gasteiger partial charge >= 0.3 is 11.8 Å². The lowest BCUT2D eigenvalue weighted by molar-refractivity contribution is -0.155. The van der Waals surface area contributed by atoms with Crippen LogP contribution in [0.5, 0.6) is 0 Å². The number of ether oxygens (including phenoxy) is 1. The second kappa shape index (κ2) is 6.13. The van der Waals surface area contributed by atoms with E-state index < -0.39 is 22.6 Å². The van der Waals surface area contributed by atoms with Crippen LogP contribution >= 0.6 is 11.8 Å². The van der Waals surface area contributed by atoms with Gasteiger partial charge < -0.3 is 15.0 Å². The minimum absolute atomic E-state index is 0.262. The standard InChI is InChI=1S/C14H22N2O4S2/c1-22(19)14(2-3-14)8-15-11(17)12(18)16-5-6-20-13(9-16)4-7-21-10-13/h2-10H2,1H3,(H,15,17). The summed E-state index contributed by atoms with van der Waals surface area (Å²) in [6, 6.07) is 0. The van der Waals surface area contributed by atoms with Crippen LogP contribution in [-0.2, 0) is 25.1 Å². The summed E-state index contributed by atoms with van der Waals surface area (Å²) in [5.41, 5.74) is -0.262. The molecule has 124 valence electrons. The van der Waals surface area contributed by atoms with Gasteiger partial charge in [-0.1, -0.05) is 0 Å². The number of hydrogen-bond donors (Lipinski definition) is 1. The molecule has 2 aliphatic heterocycles. The van der Waals surface area contributed by atoms with Gasteiger partial charge in [-0.2, -0.15) is 11.8 Å². The molecule has 1 N–H and O–H groups in total. The molecule has 2 atom stereocenters. The van der Waals surface area contributed by atoms with Gasteiger partial charge in [-0.15, -0.1) is 0 Å². The van der Waals surface area contributed by atoms with Crippen LogP contribution in [0.3, 0.4) is 0 Å². The van der Waals surface area contributed by atoms with Gasteiger partial charge in [-0.05, 0) is 25.0 Å². The van der Waals surface area contributed by atoms with Crippen LogP contribution in [0.1, 0.15) is 19.3 Å². The lowest BCUT2D eigenvalue weighted by atomic mass is 10.0. The van der Waals surface area contributed by atoms with E-state index in [1.807, 2.05) is 11.8 Å². The summed E-state index contributed by atoms with van der Waals surface area (Å²) >= 11 is 1.83. The third kappa shape index (κ3) is 3.19. The van der Waals surface area contributed by atoms with Crippen LogP contribution in [-0.4, -0.2) is 75.3 Å². The lowest BCUT2D eigenvalue weighted by Crippen LogP contribution is -2.57. The van der Waals surface area contributed by atoms with Crippen LogP contribution in [0.4, 0.5) is 0 Å². The largest absolute Gasteiger partial charge is 0.370 e. The summed E-state index contributed by atoms with van der Waals surface area (Å²) < 4.78 is 17.2. The molecular weight excluding hydrogens is 324 g/mol. The molecule has 8 heteroatoms. The Morgan fingerprint density at radius 1 is 1.36 bits per heavy atom. The lowest BCUT2D eigenvalue weighted by Gasteiger charge is -2.39. The zero-order valence-corrected chi connectivity index (χ0v) is 14.4. The fourth-order valence-corrected chi connectivity index (χ4v) is 5.32. The van der Waals surface area contributed by atoms with Gasteiger partial charge in [0.1, 0.15) is 0 Å². The summed E-state index contributed by atoms with van der Waals surface area (Å²) in [5.74, 6) is 0.853. The van der Waals surface area contributed by atoms with E-state index in [4.69, 9.17) is 4.74 Å². The van der Waals surface area contributed by atoms with E-state index in [1.54, 1.807) is 11.2 Å². The molecule has 3 fully saturated rings. The highest BCUT2D eigenvalue weighted by molar-refractivity contribution is 7.99. The Morgan fingerprint density at radius 2 is 2.14 bits per heavy atom. The molecule has 1 aliphatic carbocycles. The minimum atomic E-state index is -0.969. The number of thioether (sulfide) groups is 1. The Kier molecular flexibility index (Phi) is 4.53. The monoisotopic (exact) mass is 346 g/mol. The molecule has 2 unspecified atom stereocenters. The van der Waals surface area contributed by atoms with Crippen molar-refractivity contribution in [3.05, 3.63) is 0 Å². The molecule has 3 rings (SSSR count). The van der Waals surface area contributed by atoms with Crippen LogP contribution < -0.4 is 5.32 Å². The molecule has 1 spiro atoms. The SMILES string of the molecule is CS(=O)C1(CNC(=O)C(=O)N2CCOC3(CCSC3)C2)CC1. The first-order valence-corrected chi connectivity index (χ1v) is 10.3. The average Bonchev–Trinajstić information content (AvgIpc) is 3.20. The molecular formula is C14H22N2O4S2. The highest BCUT2D eigenvalue weighted by atomic mass is 32.2. The summed E-state index contributed by atoms with van der Waals surface area (Å²) in [4.78, 5) is 26.0. The topological polar surface area (TPSA) is 75.7 Å². The fourth-order valence-electron chi connectivity index (χ4n) is 3.01. The van der Waals surface area contributed by atoms with Crippen LogP contribution in [0.15, 0.2) is 0 Å². The van der Waals surface area contributed by atoms with Crippen molar-refractivity contribution in [2.75, 3.05) is 44.0 Å². The second-order valence-corrected chi connectivity index (χ2v) is 9.26. The molecule has 0 aromatic heterocycles. The zero-order valence-electron chi connectivity index (χ0n) is 12.8. The summed E-state index contributed by atoms with van der Waals surface area (Å²) in [5, 5.41) is 2.67. The molecule has 6 nitrogen and oxygen atoms in total. The van der Waals surface area contributed by atoms with E-state index in [9.17, 15) is 13.8 Å². The number of morpholine rings is 1. The molecule has 2 heterocycles. The van der Waals surface area contributed by atoms with Gasteiger partial charge in [0.05, 0.1) is 23.5 Å². The van der Waals surface area contributed by atoms with Gasteiger partial charge in [-0.3, -0.25) is 13.8 Å². The van der Waals surface area contributed by atoms with E-state index in [-0.39, 0.29) is 10.3 Å². The van der Waals surface area contributed by atoms with Crippen molar-refractivity contribution < 1.29 is 18.5 Å². The Balaban J connectivity index is 1.54. The van der Waals surface area contributed by atoms with Crippen molar-refractivity contribution in [2.45, 2.75) is 29.6 Å². The van der Waals surface area contributed by atoms with E-state index in [1.165, 1.54) is 0 Å². The van der Waals surface area contributed by atoms with Crippen LogP contribution in [0.25, 0.3) is 0 Å². The normalized spacial score (nSPS) is 31.0. The first-order chi connectivity index (χ1) is 10.5. The molecule has 2 amide bonds. The van der Waals surface area contributed by atoms with Crippen LogP contribution in [0, 0.1) is 0 Å². The Labute approximate surface area is 137 Å². The Bertz CT molecular complexity index is 501. The van der Waals surface area contributed by atoms with Crippen molar-refractivity contribution in [3.63, 3.8) is 0 Å². The summed E-state index contributed by atoms with van der Waals surface area (Å²) in [6.07, 6.45) is 4.29. The molecule has 0 bridgehead atoms. The number of nitrogens with one attached hydrogen (secondary N) is 1. The quantitative estimate of drug-likeness (QED) is 0.713. The number of hydrogen-bond acceptors (Lipinski definition) is 5. The third-order valence-corrected chi connectivity index (χ3v) is 7.78.